The number of nitrogens with zero attached hydrogens (tertiary/aromatic N) is 1. The van der Waals surface area contributed by atoms with Crippen molar-refractivity contribution in [1.29, 1.82) is 0 Å². The summed E-state index contributed by atoms with van der Waals surface area (Å²) < 4.78 is 5.25. The molecule has 1 aliphatic carbocycles. The van der Waals surface area contributed by atoms with Crippen molar-refractivity contribution in [1.82, 2.24) is 10.3 Å². The Kier molecular flexibility index (Phi) is 2.76. The Hall–Kier alpha value is -1.13. The van der Waals surface area contributed by atoms with E-state index in [2.05, 4.69) is 10.3 Å². The second-order valence-corrected chi connectivity index (χ2v) is 5.27. The molecule has 84 valence electrons. The van der Waals surface area contributed by atoms with E-state index in [9.17, 15) is 0 Å². The van der Waals surface area contributed by atoms with Gasteiger partial charge in [-0.3, -0.25) is 0 Å². The number of hydrogen-bond acceptors (Lipinski definition) is 4. The molecule has 2 heterocycles. The summed E-state index contributed by atoms with van der Waals surface area (Å²) in [7, 11) is 0. The standard InChI is InChI=1S/C12H14N2OS/c1-2-10(15-5-1)6-13-7-11-8-14-12(16-11)9-3-4-9/h1-2,5,8-9,13H,3-4,6-7H2. The third-order valence-electron chi connectivity index (χ3n) is 2.68. The molecule has 0 spiro atoms. The SMILES string of the molecule is c1coc(CNCc2cnc(C3CC3)s2)c1. The van der Waals surface area contributed by atoms with Crippen LogP contribution in [0.3, 0.4) is 0 Å². The molecule has 0 atom stereocenters. The molecule has 1 saturated carbocycles. The zero-order valence-corrected chi connectivity index (χ0v) is 9.80. The highest BCUT2D eigenvalue weighted by molar-refractivity contribution is 7.11. The summed E-state index contributed by atoms with van der Waals surface area (Å²) in [6.07, 6.45) is 6.35. The van der Waals surface area contributed by atoms with E-state index in [0.717, 1.165) is 24.8 Å². The maximum Gasteiger partial charge on any atom is 0.117 e. The van der Waals surface area contributed by atoms with Crippen LogP contribution in [-0.4, -0.2) is 4.98 Å². The van der Waals surface area contributed by atoms with Crippen molar-refractivity contribution in [2.45, 2.75) is 31.8 Å². The molecule has 0 bridgehead atoms. The Morgan fingerprint density at radius 1 is 1.44 bits per heavy atom. The molecule has 1 N–H and O–H groups in total. The Labute approximate surface area is 98.5 Å². The molecule has 4 heteroatoms. The van der Waals surface area contributed by atoms with Gasteiger partial charge in [0.2, 0.25) is 0 Å². The lowest BCUT2D eigenvalue weighted by atomic mass is 10.4. The number of hydrogen-bond donors (Lipinski definition) is 1. The van der Waals surface area contributed by atoms with Crippen LogP contribution in [0, 0.1) is 0 Å². The molecule has 0 aromatic carbocycles. The second-order valence-electron chi connectivity index (χ2n) is 4.12. The molecular formula is C12H14N2OS. The summed E-state index contributed by atoms with van der Waals surface area (Å²) in [5.74, 6) is 1.75. The van der Waals surface area contributed by atoms with Crippen molar-refractivity contribution < 1.29 is 4.42 Å². The molecule has 2 aromatic rings. The number of thiazole rings is 1. The molecular weight excluding hydrogens is 220 g/mol. The highest BCUT2D eigenvalue weighted by Crippen LogP contribution is 2.41. The lowest BCUT2D eigenvalue weighted by Gasteiger charge is -1.98. The van der Waals surface area contributed by atoms with Crippen molar-refractivity contribution in [3.8, 4) is 0 Å². The molecule has 3 nitrogen and oxygen atoms in total. The Morgan fingerprint density at radius 3 is 3.12 bits per heavy atom. The Balaban J connectivity index is 1.50. The second kappa shape index (κ2) is 4.39. The van der Waals surface area contributed by atoms with Crippen molar-refractivity contribution in [3.63, 3.8) is 0 Å². The predicted octanol–water partition coefficient (Wildman–Crippen LogP) is 2.90. The van der Waals surface area contributed by atoms with Crippen LogP contribution in [0.15, 0.2) is 29.0 Å². The molecule has 16 heavy (non-hydrogen) atoms. The first-order chi connectivity index (χ1) is 7.92. The molecule has 1 fully saturated rings. The molecule has 0 aliphatic heterocycles. The van der Waals surface area contributed by atoms with Gasteiger partial charge in [0.15, 0.2) is 0 Å². The maximum absolute atomic E-state index is 5.25. The van der Waals surface area contributed by atoms with Crippen LogP contribution >= 0.6 is 11.3 Å². The van der Waals surface area contributed by atoms with E-state index in [1.54, 1.807) is 6.26 Å². The van der Waals surface area contributed by atoms with E-state index in [4.69, 9.17) is 4.42 Å². The Morgan fingerprint density at radius 2 is 2.38 bits per heavy atom. The fraction of sp³-hybridized carbons (Fsp3) is 0.417. The largest absolute Gasteiger partial charge is 0.468 e. The van der Waals surface area contributed by atoms with Crippen molar-refractivity contribution >= 4 is 11.3 Å². The molecule has 1 aliphatic rings. The highest BCUT2D eigenvalue weighted by Gasteiger charge is 2.26. The summed E-state index contributed by atoms with van der Waals surface area (Å²) in [5.41, 5.74) is 0. The Bertz CT molecular complexity index is 445. The highest BCUT2D eigenvalue weighted by atomic mass is 32.1. The summed E-state index contributed by atoms with van der Waals surface area (Å²) in [4.78, 5) is 5.76. The van der Waals surface area contributed by atoms with E-state index in [0.29, 0.717) is 0 Å². The number of aromatic nitrogens is 1. The number of rotatable bonds is 5. The summed E-state index contributed by atoms with van der Waals surface area (Å²) >= 11 is 1.84. The molecule has 0 unspecified atom stereocenters. The fourth-order valence-electron chi connectivity index (χ4n) is 1.65. The molecule has 2 aromatic heterocycles. The van der Waals surface area contributed by atoms with Crippen molar-refractivity contribution in [2.24, 2.45) is 0 Å². The maximum atomic E-state index is 5.25. The first kappa shape index (κ1) is 10.1. The van der Waals surface area contributed by atoms with Crippen LogP contribution in [0.1, 0.15) is 34.4 Å². The summed E-state index contributed by atoms with van der Waals surface area (Å²) in [6, 6.07) is 3.89. The van der Waals surface area contributed by atoms with Gasteiger partial charge >= 0.3 is 0 Å². The van der Waals surface area contributed by atoms with Gasteiger partial charge in [-0.1, -0.05) is 0 Å². The summed E-state index contributed by atoms with van der Waals surface area (Å²) in [5, 5.41) is 4.67. The van der Waals surface area contributed by atoms with Crippen LogP contribution < -0.4 is 5.32 Å². The lowest BCUT2D eigenvalue weighted by molar-refractivity contribution is 0.483. The normalized spacial score (nSPS) is 15.5. The van der Waals surface area contributed by atoms with Gasteiger partial charge in [-0.05, 0) is 25.0 Å². The molecule has 0 saturated heterocycles. The average molecular weight is 234 g/mol. The van der Waals surface area contributed by atoms with Gasteiger partial charge in [0.25, 0.3) is 0 Å². The first-order valence-electron chi connectivity index (χ1n) is 5.59. The molecule has 3 rings (SSSR count). The van der Waals surface area contributed by atoms with Crippen LogP contribution in [0.5, 0.6) is 0 Å². The zero-order chi connectivity index (χ0) is 10.8. The quantitative estimate of drug-likeness (QED) is 0.864. The van der Waals surface area contributed by atoms with Gasteiger partial charge in [0.1, 0.15) is 5.76 Å². The topological polar surface area (TPSA) is 38.1 Å². The van der Waals surface area contributed by atoms with Crippen LogP contribution in [0.2, 0.25) is 0 Å². The number of nitrogens with one attached hydrogen (secondary N) is 1. The minimum atomic E-state index is 0.767. The minimum Gasteiger partial charge on any atom is -0.468 e. The van der Waals surface area contributed by atoms with Crippen molar-refractivity contribution in [3.05, 3.63) is 40.2 Å². The first-order valence-corrected chi connectivity index (χ1v) is 6.41. The van der Waals surface area contributed by atoms with Gasteiger partial charge in [0, 0.05) is 23.5 Å². The van der Waals surface area contributed by atoms with Crippen LogP contribution in [0.25, 0.3) is 0 Å². The summed E-state index contributed by atoms with van der Waals surface area (Å²) in [6.45, 7) is 1.66. The van der Waals surface area contributed by atoms with Gasteiger partial charge in [-0.25, -0.2) is 4.98 Å². The molecule has 0 amide bonds. The van der Waals surface area contributed by atoms with Crippen LogP contribution in [-0.2, 0) is 13.1 Å². The monoisotopic (exact) mass is 234 g/mol. The lowest BCUT2D eigenvalue weighted by Crippen LogP contribution is -2.10. The van der Waals surface area contributed by atoms with Gasteiger partial charge in [-0.15, -0.1) is 11.3 Å². The fourth-order valence-corrected chi connectivity index (χ4v) is 2.70. The van der Waals surface area contributed by atoms with E-state index < -0.39 is 0 Å². The van der Waals surface area contributed by atoms with Gasteiger partial charge in [0.05, 0.1) is 17.8 Å². The zero-order valence-electron chi connectivity index (χ0n) is 8.98. The third-order valence-corrected chi connectivity index (χ3v) is 3.84. The minimum absolute atomic E-state index is 0.767. The van der Waals surface area contributed by atoms with Crippen LogP contribution in [0.4, 0.5) is 0 Å². The van der Waals surface area contributed by atoms with Gasteiger partial charge < -0.3 is 9.73 Å². The van der Waals surface area contributed by atoms with E-state index in [1.165, 1.54) is 22.7 Å². The predicted molar refractivity (Wildman–Crippen MR) is 63.3 cm³/mol. The third kappa shape index (κ3) is 2.33. The smallest absolute Gasteiger partial charge is 0.117 e. The average Bonchev–Trinajstić information content (AvgIpc) is 2.83. The number of furan rings is 1. The van der Waals surface area contributed by atoms with E-state index >= 15 is 0 Å². The van der Waals surface area contributed by atoms with E-state index in [1.807, 2.05) is 29.7 Å². The van der Waals surface area contributed by atoms with Gasteiger partial charge in [-0.2, -0.15) is 0 Å². The van der Waals surface area contributed by atoms with E-state index in [-0.39, 0.29) is 0 Å². The van der Waals surface area contributed by atoms with Crippen molar-refractivity contribution in [2.75, 3.05) is 0 Å². The molecule has 0 radical (unpaired) electrons.